The van der Waals surface area contributed by atoms with Crippen LogP contribution in [0.3, 0.4) is 0 Å². The summed E-state index contributed by atoms with van der Waals surface area (Å²) in [7, 11) is 0. The van der Waals surface area contributed by atoms with Crippen molar-refractivity contribution in [2.24, 2.45) is 10.1 Å². The standard InChI is InChI=1S/C41H40N6O4/c1-29-9-7-10-30(25-29)27-43-46-40(49)41(26-35-13-5-6-14-36(35)28-44-47-42)38(33-17-15-32(16-18-33)31-11-3-2-4-12-31)51-39(45-41)34-19-21-37(22-20-34)50-24-8-23-48/h2-7,9-22,25,38,43,48H,8,23-24,26-28H2,1H3,(H,46,49)/t38-,41-/m0/s1. The van der Waals surface area contributed by atoms with E-state index in [4.69, 9.17) is 25.1 Å². The van der Waals surface area contributed by atoms with Gasteiger partial charge in [-0.15, -0.1) is 0 Å². The number of hydrogen-bond acceptors (Lipinski definition) is 7. The van der Waals surface area contributed by atoms with Gasteiger partial charge in [-0.2, -0.15) is 0 Å². The molecule has 0 aliphatic carbocycles. The second-order valence-corrected chi connectivity index (χ2v) is 12.4. The van der Waals surface area contributed by atoms with E-state index in [0.717, 1.165) is 38.9 Å². The molecule has 0 saturated carbocycles. The summed E-state index contributed by atoms with van der Waals surface area (Å²) >= 11 is 0. The highest BCUT2D eigenvalue weighted by atomic mass is 16.5. The smallest absolute Gasteiger partial charge is 0.266 e. The Morgan fingerprint density at radius 3 is 2.33 bits per heavy atom. The fourth-order valence-electron chi connectivity index (χ4n) is 6.20. The molecule has 2 atom stereocenters. The number of carbonyl (C=O) groups is 1. The number of hydrogen-bond donors (Lipinski definition) is 3. The van der Waals surface area contributed by atoms with Crippen LogP contribution in [0.25, 0.3) is 21.6 Å². The van der Waals surface area contributed by atoms with Crippen molar-refractivity contribution in [1.29, 1.82) is 0 Å². The number of benzene rings is 5. The van der Waals surface area contributed by atoms with E-state index < -0.39 is 11.6 Å². The molecule has 6 rings (SSSR count). The molecule has 0 spiro atoms. The highest BCUT2D eigenvalue weighted by Crippen LogP contribution is 2.43. The van der Waals surface area contributed by atoms with Crippen LogP contribution in [0.2, 0.25) is 0 Å². The highest BCUT2D eigenvalue weighted by Gasteiger charge is 2.53. The Hall–Kier alpha value is -5.93. The van der Waals surface area contributed by atoms with E-state index >= 15 is 0 Å². The van der Waals surface area contributed by atoms with Gasteiger partial charge in [-0.1, -0.05) is 114 Å². The monoisotopic (exact) mass is 680 g/mol. The van der Waals surface area contributed by atoms with Crippen molar-refractivity contribution in [1.82, 2.24) is 10.9 Å². The van der Waals surface area contributed by atoms with Crippen LogP contribution in [0.4, 0.5) is 0 Å². The minimum atomic E-state index is -1.47. The lowest BCUT2D eigenvalue weighted by molar-refractivity contribution is -0.130. The Kier molecular flexibility index (Phi) is 11.4. The van der Waals surface area contributed by atoms with Crippen molar-refractivity contribution in [3.63, 3.8) is 0 Å². The highest BCUT2D eigenvalue weighted by molar-refractivity contribution is 6.01. The molecule has 1 aliphatic heterocycles. The second-order valence-electron chi connectivity index (χ2n) is 12.4. The number of carbonyl (C=O) groups excluding carboxylic acids is 1. The van der Waals surface area contributed by atoms with E-state index in [0.29, 0.717) is 36.8 Å². The molecule has 0 aromatic heterocycles. The molecule has 0 fully saturated rings. The summed E-state index contributed by atoms with van der Waals surface area (Å²) in [6.07, 6.45) is -0.121. The van der Waals surface area contributed by atoms with Gasteiger partial charge in [0.1, 0.15) is 5.75 Å². The van der Waals surface area contributed by atoms with Gasteiger partial charge in [-0.05, 0) is 70.1 Å². The average molecular weight is 681 g/mol. The Labute approximate surface area is 297 Å². The zero-order valence-corrected chi connectivity index (χ0v) is 28.4. The normalized spacial score (nSPS) is 16.4. The number of aliphatic imine (C=N–C) groups is 1. The van der Waals surface area contributed by atoms with Gasteiger partial charge in [0.15, 0.2) is 11.6 Å². The zero-order valence-electron chi connectivity index (χ0n) is 28.4. The third-order valence-corrected chi connectivity index (χ3v) is 8.81. The van der Waals surface area contributed by atoms with E-state index in [1.54, 1.807) is 0 Å². The SMILES string of the molecule is Cc1cccc(CNNC(=O)[C@@]2(Cc3ccccc3CN=[N+]=[N-])N=C(c3ccc(OCCCO)cc3)O[C@H]2c2ccc(-c3ccccc3)cc2)c1. The summed E-state index contributed by atoms with van der Waals surface area (Å²) in [6, 6.07) is 41.1. The number of azide groups is 1. The van der Waals surface area contributed by atoms with E-state index in [-0.39, 0.29) is 25.5 Å². The van der Waals surface area contributed by atoms with Gasteiger partial charge in [0.2, 0.25) is 5.90 Å². The molecule has 1 aliphatic rings. The summed E-state index contributed by atoms with van der Waals surface area (Å²) in [6.45, 7) is 3.00. The number of aliphatic hydroxyl groups is 1. The maximum atomic E-state index is 14.7. The Bertz CT molecular complexity index is 2010. The summed E-state index contributed by atoms with van der Waals surface area (Å²) in [5.41, 5.74) is 21.0. The first kappa shape index (κ1) is 34.9. The minimum absolute atomic E-state index is 0.0480. The number of ether oxygens (including phenoxy) is 2. The van der Waals surface area contributed by atoms with Gasteiger partial charge >= 0.3 is 0 Å². The number of nitrogens with zero attached hydrogens (tertiary/aromatic N) is 4. The lowest BCUT2D eigenvalue weighted by Crippen LogP contribution is -2.53. The molecule has 5 aromatic carbocycles. The van der Waals surface area contributed by atoms with Crippen LogP contribution < -0.4 is 15.6 Å². The van der Waals surface area contributed by atoms with Gasteiger partial charge < -0.3 is 14.6 Å². The molecule has 51 heavy (non-hydrogen) atoms. The molecule has 10 nitrogen and oxygen atoms in total. The number of hydrazine groups is 1. The Morgan fingerprint density at radius 1 is 0.902 bits per heavy atom. The molecule has 0 bridgehead atoms. The van der Waals surface area contributed by atoms with Crippen LogP contribution in [0.5, 0.6) is 5.75 Å². The molecular formula is C41H40N6O4. The van der Waals surface area contributed by atoms with Crippen molar-refractivity contribution in [2.75, 3.05) is 13.2 Å². The van der Waals surface area contributed by atoms with Crippen LogP contribution in [0, 0.1) is 6.92 Å². The first-order valence-corrected chi connectivity index (χ1v) is 16.9. The lowest BCUT2D eigenvalue weighted by Gasteiger charge is -2.31. The fraction of sp³-hybridized carbons (Fsp3) is 0.220. The maximum absolute atomic E-state index is 14.7. The number of aryl methyl sites for hydroxylation is 1. The molecule has 1 heterocycles. The quantitative estimate of drug-likeness (QED) is 0.0344. The van der Waals surface area contributed by atoms with Gasteiger partial charge in [0.25, 0.3) is 5.91 Å². The molecular weight excluding hydrogens is 640 g/mol. The molecule has 10 heteroatoms. The van der Waals surface area contributed by atoms with Crippen molar-refractivity contribution in [3.8, 4) is 16.9 Å². The zero-order chi connectivity index (χ0) is 35.5. The lowest BCUT2D eigenvalue weighted by atomic mass is 9.80. The minimum Gasteiger partial charge on any atom is -0.494 e. The van der Waals surface area contributed by atoms with Crippen molar-refractivity contribution >= 4 is 11.8 Å². The first-order valence-electron chi connectivity index (χ1n) is 16.9. The summed E-state index contributed by atoms with van der Waals surface area (Å²) in [5.74, 6) is 0.593. The number of amides is 1. The number of rotatable bonds is 15. The fourth-order valence-corrected chi connectivity index (χ4v) is 6.20. The number of aliphatic hydroxyl groups excluding tert-OH is 1. The Balaban J connectivity index is 1.41. The van der Waals surface area contributed by atoms with Crippen LogP contribution >= 0.6 is 0 Å². The summed E-state index contributed by atoms with van der Waals surface area (Å²) in [5, 5.41) is 13.0. The van der Waals surface area contributed by atoms with Crippen LogP contribution in [-0.2, 0) is 29.0 Å². The van der Waals surface area contributed by atoms with Gasteiger partial charge in [0.05, 0.1) is 13.2 Å². The predicted octanol–water partition coefficient (Wildman–Crippen LogP) is 7.55. The van der Waals surface area contributed by atoms with E-state index in [2.05, 4.69) is 39.1 Å². The predicted molar refractivity (Wildman–Crippen MR) is 198 cm³/mol. The molecule has 1 amide bonds. The van der Waals surface area contributed by atoms with Gasteiger partial charge in [-0.25, -0.2) is 10.4 Å². The molecule has 258 valence electrons. The maximum Gasteiger partial charge on any atom is 0.266 e. The third kappa shape index (κ3) is 8.45. The van der Waals surface area contributed by atoms with Crippen molar-refractivity contribution < 1.29 is 19.4 Å². The van der Waals surface area contributed by atoms with Crippen LogP contribution in [0.15, 0.2) is 138 Å². The van der Waals surface area contributed by atoms with Gasteiger partial charge in [-0.3, -0.25) is 10.2 Å². The molecule has 0 radical (unpaired) electrons. The average Bonchev–Trinajstić information content (AvgIpc) is 3.55. The van der Waals surface area contributed by atoms with E-state index in [1.165, 1.54) is 0 Å². The van der Waals surface area contributed by atoms with Gasteiger partial charge in [0, 0.05) is 36.5 Å². The van der Waals surface area contributed by atoms with E-state index in [1.807, 2.05) is 116 Å². The van der Waals surface area contributed by atoms with Crippen molar-refractivity contribution in [3.05, 3.63) is 171 Å². The van der Waals surface area contributed by atoms with Crippen LogP contribution in [0.1, 0.15) is 45.9 Å². The Morgan fingerprint density at radius 2 is 1.61 bits per heavy atom. The number of nitrogens with one attached hydrogen (secondary N) is 2. The molecule has 0 saturated heterocycles. The summed E-state index contributed by atoms with van der Waals surface area (Å²) < 4.78 is 12.5. The molecule has 3 N–H and O–H groups in total. The first-order chi connectivity index (χ1) is 25.0. The van der Waals surface area contributed by atoms with E-state index in [9.17, 15) is 4.79 Å². The third-order valence-electron chi connectivity index (χ3n) is 8.81. The summed E-state index contributed by atoms with van der Waals surface area (Å²) in [4.78, 5) is 22.8. The second kappa shape index (κ2) is 16.7. The van der Waals surface area contributed by atoms with Crippen LogP contribution in [-0.4, -0.2) is 35.7 Å². The largest absolute Gasteiger partial charge is 0.494 e. The molecule has 5 aromatic rings. The van der Waals surface area contributed by atoms with Crippen molar-refractivity contribution in [2.45, 2.75) is 44.5 Å². The molecule has 0 unspecified atom stereocenters. The topological polar surface area (TPSA) is 141 Å².